The predicted molar refractivity (Wildman–Crippen MR) is 51.3 cm³/mol. The second-order valence-corrected chi connectivity index (χ2v) is 3.14. The number of thioether (sulfide) groups is 1. The van der Waals surface area contributed by atoms with E-state index in [0.29, 0.717) is 0 Å². The van der Waals surface area contributed by atoms with Crippen LogP contribution in [0.4, 0.5) is 0 Å². The molecule has 11 heavy (non-hydrogen) atoms. The number of amidine groups is 1. The van der Waals surface area contributed by atoms with Gasteiger partial charge >= 0.3 is 0 Å². The van der Waals surface area contributed by atoms with E-state index in [1.807, 2.05) is 14.0 Å². The van der Waals surface area contributed by atoms with Crippen molar-refractivity contribution in [2.75, 3.05) is 27.0 Å². The van der Waals surface area contributed by atoms with Crippen molar-refractivity contribution < 1.29 is 4.74 Å². The number of ether oxygens (including phenoxy) is 1. The standard InChI is InChI=1S/C7H16N2OS/c1-6(10-4)5-11-7(8-2)9-3/h6H,5H2,1-4H3,(H,8,9). The van der Waals surface area contributed by atoms with Gasteiger partial charge in [0.05, 0.1) is 6.10 Å². The van der Waals surface area contributed by atoms with E-state index in [9.17, 15) is 0 Å². The first-order chi connectivity index (χ1) is 5.24. The molecule has 0 heterocycles. The van der Waals surface area contributed by atoms with Crippen molar-refractivity contribution in [2.45, 2.75) is 13.0 Å². The van der Waals surface area contributed by atoms with Crippen molar-refractivity contribution in [3.05, 3.63) is 0 Å². The van der Waals surface area contributed by atoms with Crippen LogP contribution < -0.4 is 5.32 Å². The minimum absolute atomic E-state index is 0.282. The van der Waals surface area contributed by atoms with E-state index in [0.717, 1.165) is 10.9 Å². The topological polar surface area (TPSA) is 33.6 Å². The first-order valence-electron chi connectivity index (χ1n) is 3.54. The molecular weight excluding hydrogens is 160 g/mol. The summed E-state index contributed by atoms with van der Waals surface area (Å²) in [6, 6.07) is 0. The Morgan fingerprint density at radius 3 is 2.73 bits per heavy atom. The molecule has 0 bridgehead atoms. The van der Waals surface area contributed by atoms with Crippen LogP contribution in [0.2, 0.25) is 0 Å². The molecule has 0 radical (unpaired) electrons. The number of nitrogens with zero attached hydrogens (tertiary/aromatic N) is 1. The summed E-state index contributed by atoms with van der Waals surface area (Å²) >= 11 is 1.67. The van der Waals surface area contributed by atoms with Gasteiger partial charge in [-0.1, -0.05) is 11.8 Å². The van der Waals surface area contributed by atoms with Gasteiger partial charge in [0, 0.05) is 27.0 Å². The molecule has 0 amide bonds. The molecule has 0 aromatic carbocycles. The van der Waals surface area contributed by atoms with Crippen molar-refractivity contribution in [1.82, 2.24) is 5.32 Å². The van der Waals surface area contributed by atoms with Gasteiger partial charge in [-0.05, 0) is 6.92 Å². The van der Waals surface area contributed by atoms with Crippen LogP contribution in [0.25, 0.3) is 0 Å². The number of aliphatic imine (C=N–C) groups is 1. The summed E-state index contributed by atoms with van der Waals surface area (Å²) in [5.74, 6) is 0.935. The zero-order valence-corrected chi connectivity index (χ0v) is 8.36. The van der Waals surface area contributed by atoms with Crippen LogP contribution in [-0.2, 0) is 4.74 Å². The maximum Gasteiger partial charge on any atom is 0.156 e. The van der Waals surface area contributed by atoms with Crippen LogP contribution >= 0.6 is 11.8 Å². The van der Waals surface area contributed by atoms with E-state index < -0.39 is 0 Å². The number of rotatable bonds is 3. The SMILES string of the molecule is CN=C(NC)SCC(C)OC. The largest absolute Gasteiger partial charge is 0.381 e. The molecule has 0 aromatic heterocycles. The van der Waals surface area contributed by atoms with Gasteiger partial charge in [0.1, 0.15) is 0 Å². The lowest BCUT2D eigenvalue weighted by molar-refractivity contribution is 0.138. The quantitative estimate of drug-likeness (QED) is 0.513. The average Bonchev–Trinajstić information content (AvgIpc) is 2.06. The summed E-state index contributed by atoms with van der Waals surface area (Å²) in [6.45, 7) is 2.04. The molecule has 3 nitrogen and oxygen atoms in total. The third-order valence-electron chi connectivity index (χ3n) is 1.27. The van der Waals surface area contributed by atoms with Gasteiger partial charge in [0.2, 0.25) is 0 Å². The first kappa shape index (κ1) is 10.8. The number of nitrogens with one attached hydrogen (secondary N) is 1. The summed E-state index contributed by atoms with van der Waals surface area (Å²) in [5.41, 5.74) is 0. The normalized spacial score (nSPS) is 14.7. The number of hydrogen-bond acceptors (Lipinski definition) is 3. The molecule has 66 valence electrons. The summed E-state index contributed by atoms with van der Waals surface area (Å²) in [5, 5.41) is 3.94. The Hall–Kier alpha value is -0.220. The van der Waals surface area contributed by atoms with Gasteiger partial charge in [0.25, 0.3) is 0 Å². The minimum Gasteiger partial charge on any atom is -0.381 e. The minimum atomic E-state index is 0.282. The summed E-state index contributed by atoms with van der Waals surface area (Å²) in [7, 11) is 5.36. The Labute approximate surface area is 72.6 Å². The van der Waals surface area contributed by atoms with Crippen LogP contribution in [-0.4, -0.2) is 38.2 Å². The molecule has 0 rings (SSSR count). The highest BCUT2D eigenvalue weighted by atomic mass is 32.2. The Bertz CT molecular complexity index is 128. The highest BCUT2D eigenvalue weighted by Gasteiger charge is 2.01. The molecule has 1 atom stereocenters. The summed E-state index contributed by atoms with van der Waals surface area (Å²) in [6.07, 6.45) is 0.282. The predicted octanol–water partition coefficient (Wildman–Crippen LogP) is 0.960. The molecule has 4 heteroatoms. The summed E-state index contributed by atoms with van der Waals surface area (Å²) in [4.78, 5) is 4.03. The van der Waals surface area contributed by atoms with E-state index in [4.69, 9.17) is 4.74 Å². The van der Waals surface area contributed by atoms with Crippen molar-refractivity contribution in [3.8, 4) is 0 Å². The van der Waals surface area contributed by atoms with E-state index in [2.05, 4.69) is 10.3 Å². The molecule has 0 fully saturated rings. The van der Waals surface area contributed by atoms with Crippen LogP contribution in [0.15, 0.2) is 4.99 Å². The second kappa shape index (κ2) is 6.49. The van der Waals surface area contributed by atoms with E-state index in [-0.39, 0.29) is 6.10 Å². The van der Waals surface area contributed by atoms with Crippen molar-refractivity contribution in [1.29, 1.82) is 0 Å². The fraction of sp³-hybridized carbons (Fsp3) is 0.857. The molecule has 1 unspecified atom stereocenters. The van der Waals surface area contributed by atoms with Crippen LogP contribution in [0, 0.1) is 0 Å². The first-order valence-corrected chi connectivity index (χ1v) is 4.53. The Kier molecular flexibility index (Phi) is 6.36. The smallest absolute Gasteiger partial charge is 0.156 e. The third kappa shape index (κ3) is 5.09. The number of hydrogen-bond donors (Lipinski definition) is 1. The Balaban J connectivity index is 3.51. The molecule has 0 aliphatic heterocycles. The molecule has 0 aliphatic rings. The van der Waals surface area contributed by atoms with Crippen molar-refractivity contribution in [3.63, 3.8) is 0 Å². The van der Waals surface area contributed by atoms with Crippen LogP contribution in [0.5, 0.6) is 0 Å². The molecule has 0 aromatic rings. The van der Waals surface area contributed by atoms with E-state index >= 15 is 0 Å². The molecule has 0 saturated heterocycles. The van der Waals surface area contributed by atoms with Crippen LogP contribution in [0.3, 0.4) is 0 Å². The fourth-order valence-electron chi connectivity index (χ4n) is 0.513. The van der Waals surface area contributed by atoms with E-state index in [1.54, 1.807) is 25.9 Å². The van der Waals surface area contributed by atoms with E-state index in [1.165, 1.54) is 0 Å². The highest BCUT2D eigenvalue weighted by molar-refractivity contribution is 8.13. The zero-order valence-electron chi connectivity index (χ0n) is 7.55. The molecule has 0 aliphatic carbocycles. The zero-order chi connectivity index (χ0) is 8.69. The third-order valence-corrected chi connectivity index (χ3v) is 2.57. The number of methoxy groups -OCH3 is 1. The van der Waals surface area contributed by atoms with Crippen LogP contribution in [0.1, 0.15) is 6.92 Å². The Morgan fingerprint density at radius 1 is 1.73 bits per heavy atom. The monoisotopic (exact) mass is 176 g/mol. The maximum atomic E-state index is 5.09. The molecule has 1 N–H and O–H groups in total. The second-order valence-electron chi connectivity index (χ2n) is 2.14. The fourth-order valence-corrected chi connectivity index (χ4v) is 1.31. The maximum absolute atomic E-state index is 5.09. The van der Waals surface area contributed by atoms with Gasteiger partial charge in [0.15, 0.2) is 5.17 Å². The van der Waals surface area contributed by atoms with Gasteiger partial charge in [-0.3, -0.25) is 4.99 Å². The lowest BCUT2D eigenvalue weighted by atomic mass is 10.5. The highest BCUT2D eigenvalue weighted by Crippen LogP contribution is 2.05. The Morgan fingerprint density at radius 2 is 2.36 bits per heavy atom. The average molecular weight is 176 g/mol. The molecule has 0 saturated carbocycles. The summed E-state index contributed by atoms with van der Waals surface area (Å²) < 4.78 is 5.09. The lowest BCUT2D eigenvalue weighted by Gasteiger charge is -2.09. The lowest BCUT2D eigenvalue weighted by Crippen LogP contribution is -2.18. The van der Waals surface area contributed by atoms with Gasteiger partial charge in [-0.25, -0.2) is 0 Å². The van der Waals surface area contributed by atoms with Crippen molar-refractivity contribution >= 4 is 16.9 Å². The van der Waals surface area contributed by atoms with Crippen molar-refractivity contribution in [2.24, 2.45) is 4.99 Å². The molecule has 0 spiro atoms. The molecular formula is C7H16N2OS. The van der Waals surface area contributed by atoms with Gasteiger partial charge in [-0.15, -0.1) is 0 Å². The van der Waals surface area contributed by atoms with Gasteiger partial charge < -0.3 is 10.1 Å². The van der Waals surface area contributed by atoms with Gasteiger partial charge in [-0.2, -0.15) is 0 Å².